The second-order valence-corrected chi connectivity index (χ2v) is 3.78. The molecule has 20 heavy (non-hydrogen) atoms. The van der Waals surface area contributed by atoms with Gasteiger partial charge in [0.15, 0.2) is 0 Å². The number of rotatable bonds is 4. The molecule has 0 aromatic carbocycles. The van der Waals surface area contributed by atoms with Gasteiger partial charge in [0.2, 0.25) is 0 Å². The van der Waals surface area contributed by atoms with Crippen molar-refractivity contribution < 1.29 is 31.5 Å². The van der Waals surface area contributed by atoms with Gasteiger partial charge in [0.1, 0.15) is 5.69 Å². The molecular weight excluding hydrogens is 287 g/mol. The molecule has 1 aromatic heterocycles. The molecule has 0 saturated carbocycles. The van der Waals surface area contributed by atoms with Crippen molar-refractivity contribution in [2.45, 2.75) is 25.6 Å². The Balaban J connectivity index is 3.46. The molecule has 2 N–H and O–H groups in total. The van der Waals surface area contributed by atoms with Crippen molar-refractivity contribution in [1.29, 1.82) is 0 Å². The Kier molecular flexibility index (Phi) is 4.98. The molecule has 0 aliphatic heterocycles. The van der Waals surface area contributed by atoms with Crippen LogP contribution in [0.1, 0.15) is 28.8 Å². The Morgan fingerprint density at radius 3 is 2.45 bits per heavy atom. The van der Waals surface area contributed by atoms with Crippen LogP contribution in [0.3, 0.4) is 0 Å². The summed E-state index contributed by atoms with van der Waals surface area (Å²) >= 11 is 0. The fourth-order valence-electron chi connectivity index (χ4n) is 1.70. The van der Waals surface area contributed by atoms with E-state index in [-0.39, 0.29) is 5.56 Å². The predicted octanol–water partition coefficient (Wildman–Crippen LogP) is 2.21. The summed E-state index contributed by atoms with van der Waals surface area (Å²) in [5, 5.41) is 0. The van der Waals surface area contributed by atoms with Gasteiger partial charge < -0.3 is 10.5 Å². The number of nitrogens with zero attached hydrogens (tertiary/aromatic N) is 1. The molecule has 0 radical (unpaired) electrons. The minimum absolute atomic E-state index is 0.333. The summed E-state index contributed by atoms with van der Waals surface area (Å²) in [5.74, 6) is -0.864. The zero-order valence-electron chi connectivity index (χ0n) is 10.3. The lowest BCUT2D eigenvalue weighted by molar-refractivity contribution is -0.142. The molecule has 0 spiro atoms. The van der Waals surface area contributed by atoms with E-state index in [4.69, 9.17) is 5.73 Å². The predicted molar refractivity (Wildman–Crippen MR) is 57.8 cm³/mol. The van der Waals surface area contributed by atoms with E-state index in [0.717, 1.165) is 7.11 Å². The van der Waals surface area contributed by atoms with E-state index in [1.165, 1.54) is 0 Å². The highest BCUT2D eigenvalue weighted by Gasteiger charge is 2.38. The number of carbonyl (C=O) groups excluding carboxylic acids is 1. The number of ether oxygens (including phenoxy) is 1. The number of hydrogen-bond donors (Lipinski definition) is 1. The zero-order valence-corrected chi connectivity index (χ0v) is 10.3. The van der Waals surface area contributed by atoms with Gasteiger partial charge in [0, 0.05) is 23.9 Å². The minimum atomic E-state index is -4.90. The second-order valence-electron chi connectivity index (χ2n) is 3.78. The van der Waals surface area contributed by atoms with E-state index in [1.807, 2.05) is 0 Å². The van der Waals surface area contributed by atoms with Crippen molar-refractivity contribution in [3.63, 3.8) is 0 Å². The van der Waals surface area contributed by atoms with E-state index < -0.39 is 48.4 Å². The molecule has 0 fully saturated rings. The average molecular weight is 298 g/mol. The lowest BCUT2D eigenvalue weighted by Gasteiger charge is -2.17. The summed E-state index contributed by atoms with van der Waals surface area (Å²) in [4.78, 5) is 14.2. The molecule has 4 nitrogen and oxygen atoms in total. The van der Waals surface area contributed by atoms with Crippen LogP contribution in [0.25, 0.3) is 0 Å². The summed E-state index contributed by atoms with van der Waals surface area (Å²) in [6.07, 6.45) is -8.12. The van der Waals surface area contributed by atoms with E-state index in [9.17, 15) is 26.7 Å². The maximum atomic E-state index is 13.0. The molecule has 1 aromatic rings. The SMILES string of the molecule is COC(=O)Cc1cnc(C(F)(F)F)c(CN)c1C(F)F. The van der Waals surface area contributed by atoms with Gasteiger partial charge in [-0.2, -0.15) is 13.2 Å². The van der Waals surface area contributed by atoms with Crippen LogP contribution < -0.4 is 5.73 Å². The summed E-state index contributed by atoms with van der Waals surface area (Å²) in [6.45, 7) is -0.767. The van der Waals surface area contributed by atoms with Crippen LogP contribution in [0, 0.1) is 0 Å². The fraction of sp³-hybridized carbons (Fsp3) is 0.455. The molecule has 0 aliphatic carbocycles. The molecule has 0 bridgehead atoms. The van der Waals surface area contributed by atoms with Crippen LogP contribution in [0.4, 0.5) is 22.0 Å². The Morgan fingerprint density at radius 2 is 2.05 bits per heavy atom. The number of halogens is 5. The Morgan fingerprint density at radius 1 is 1.45 bits per heavy atom. The van der Waals surface area contributed by atoms with Gasteiger partial charge in [0.25, 0.3) is 6.43 Å². The van der Waals surface area contributed by atoms with Gasteiger partial charge in [-0.25, -0.2) is 8.78 Å². The van der Waals surface area contributed by atoms with Crippen LogP contribution >= 0.6 is 0 Å². The van der Waals surface area contributed by atoms with Crippen molar-refractivity contribution in [2.75, 3.05) is 7.11 Å². The molecule has 112 valence electrons. The monoisotopic (exact) mass is 298 g/mol. The van der Waals surface area contributed by atoms with Crippen molar-refractivity contribution in [3.8, 4) is 0 Å². The molecule has 9 heteroatoms. The topological polar surface area (TPSA) is 65.2 Å². The van der Waals surface area contributed by atoms with E-state index >= 15 is 0 Å². The molecule has 0 saturated heterocycles. The first kappa shape index (κ1) is 16.3. The summed E-state index contributed by atoms with van der Waals surface area (Å²) in [5.41, 5.74) is 1.60. The number of nitrogens with two attached hydrogens (primary N) is 1. The highest BCUT2D eigenvalue weighted by molar-refractivity contribution is 5.73. The lowest BCUT2D eigenvalue weighted by Crippen LogP contribution is -2.19. The van der Waals surface area contributed by atoms with Crippen LogP contribution in [0.5, 0.6) is 0 Å². The van der Waals surface area contributed by atoms with E-state index in [0.29, 0.717) is 6.20 Å². The quantitative estimate of drug-likeness (QED) is 0.683. The van der Waals surface area contributed by atoms with Gasteiger partial charge in [-0.1, -0.05) is 0 Å². The first-order chi connectivity index (χ1) is 9.22. The number of carbonyl (C=O) groups is 1. The third-order valence-corrected chi connectivity index (χ3v) is 2.56. The molecule has 1 rings (SSSR count). The second kappa shape index (κ2) is 6.12. The molecule has 0 unspecified atom stereocenters. The summed E-state index contributed by atoms with van der Waals surface area (Å²) in [6, 6.07) is 0. The molecule has 0 aliphatic rings. The van der Waals surface area contributed by atoms with E-state index in [2.05, 4.69) is 9.72 Å². The third kappa shape index (κ3) is 3.41. The number of hydrogen-bond acceptors (Lipinski definition) is 4. The average Bonchev–Trinajstić information content (AvgIpc) is 2.35. The maximum Gasteiger partial charge on any atom is 0.433 e. The maximum absolute atomic E-state index is 13.0. The third-order valence-electron chi connectivity index (χ3n) is 2.56. The van der Waals surface area contributed by atoms with Crippen molar-refractivity contribution in [1.82, 2.24) is 4.98 Å². The first-order valence-corrected chi connectivity index (χ1v) is 5.35. The van der Waals surface area contributed by atoms with Crippen LogP contribution in [-0.4, -0.2) is 18.1 Å². The van der Waals surface area contributed by atoms with Gasteiger partial charge >= 0.3 is 12.1 Å². The molecule has 1 heterocycles. The molecule has 0 atom stereocenters. The standard InChI is InChI=1S/C11H11F5N2O2/c1-20-7(19)2-5-4-18-9(11(14,15)16)6(3-17)8(5)10(12)13/h4,10H,2-3,17H2,1H3. The number of methoxy groups -OCH3 is 1. The minimum Gasteiger partial charge on any atom is -0.469 e. The smallest absolute Gasteiger partial charge is 0.433 e. The van der Waals surface area contributed by atoms with Gasteiger partial charge in [0.05, 0.1) is 13.5 Å². The highest BCUT2D eigenvalue weighted by atomic mass is 19.4. The zero-order chi connectivity index (χ0) is 15.5. The van der Waals surface area contributed by atoms with Gasteiger partial charge in [-0.05, 0) is 5.56 Å². The van der Waals surface area contributed by atoms with Crippen LogP contribution in [-0.2, 0) is 28.7 Å². The van der Waals surface area contributed by atoms with Crippen LogP contribution in [0.15, 0.2) is 6.20 Å². The first-order valence-electron chi connectivity index (χ1n) is 5.35. The lowest BCUT2D eigenvalue weighted by atomic mass is 9.99. The number of alkyl halides is 5. The van der Waals surface area contributed by atoms with Crippen LogP contribution in [0.2, 0.25) is 0 Å². The van der Waals surface area contributed by atoms with Gasteiger partial charge in [-0.3, -0.25) is 9.78 Å². The Hall–Kier alpha value is -1.77. The highest BCUT2D eigenvalue weighted by Crippen LogP contribution is 2.36. The number of aromatic nitrogens is 1. The molecule has 0 amide bonds. The Bertz CT molecular complexity index is 502. The number of pyridine rings is 1. The van der Waals surface area contributed by atoms with Gasteiger partial charge in [-0.15, -0.1) is 0 Å². The largest absolute Gasteiger partial charge is 0.469 e. The fourth-order valence-corrected chi connectivity index (χ4v) is 1.70. The van der Waals surface area contributed by atoms with Crippen molar-refractivity contribution in [3.05, 3.63) is 28.6 Å². The van der Waals surface area contributed by atoms with Crippen molar-refractivity contribution >= 4 is 5.97 Å². The summed E-state index contributed by atoms with van der Waals surface area (Å²) in [7, 11) is 1.03. The molecular formula is C11H11F5N2O2. The summed E-state index contributed by atoms with van der Waals surface area (Å²) < 4.78 is 68.3. The van der Waals surface area contributed by atoms with E-state index in [1.54, 1.807) is 0 Å². The van der Waals surface area contributed by atoms with Crippen molar-refractivity contribution in [2.24, 2.45) is 5.73 Å². The number of esters is 1. The normalized spacial score (nSPS) is 11.8. The Labute approximate surface area is 110 Å².